The minimum atomic E-state index is -0.638. The molecule has 0 unspecified atom stereocenters. The molecule has 0 aromatic heterocycles. The normalized spacial score (nSPS) is 11.4. The summed E-state index contributed by atoms with van der Waals surface area (Å²) < 4.78 is 11.8. The molecule has 0 saturated heterocycles. The van der Waals surface area contributed by atoms with E-state index in [1.165, 1.54) is 0 Å². The number of aryl methyl sites for hydroxylation is 2. The van der Waals surface area contributed by atoms with Gasteiger partial charge in [-0.2, -0.15) is 0 Å². The van der Waals surface area contributed by atoms with Gasteiger partial charge in [0, 0.05) is 11.1 Å². The first kappa shape index (κ1) is 25.2. The topological polar surface area (TPSA) is 52.6 Å². The predicted octanol–water partition coefficient (Wildman–Crippen LogP) is 8.15. The van der Waals surface area contributed by atoms with Crippen molar-refractivity contribution >= 4 is 46.7 Å². The van der Waals surface area contributed by atoms with E-state index in [-0.39, 0.29) is 11.5 Å². The van der Waals surface area contributed by atoms with Crippen LogP contribution in [0.1, 0.15) is 43.0 Å². The zero-order valence-electron chi connectivity index (χ0n) is 19.6. The highest BCUT2D eigenvalue weighted by Crippen LogP contribution is 2.36. The van der Waals surface area contributed by atoms with Crippen LogP contribution in [0.25, 0.3) is 11.5 Å². The average Bonchev–Trinajstić information content (AvgIpc) is 2.87. The predicted molar refractivity (Wildman–Crippen MR) is 143 cm³/mol. The van der Waals surface area contributed by atoms with E-state index >= 15 is 0 Å². The first-order chi connectivity index (χ1) is 17.3. The van der Waals surface area contributed by atoms with Crippen molar-refractivity contribution in [2.24, 2.45) is 0 Å². The number of esters is 2. The van der Waals surface area contributed by atoms with Gasteiger partial charge >= 0.3 is 11.9 Å². The average molecular weight is 517 g/mol. The molecule has 0 atom stereocenters. The molecule has 0 heterocycles. The maximum absolute atomic E-state index is 13.2. The molecule has 180 valence electrons. The molecule has 0 radical (unpaired) electrons. The molecular formula is C30H22Cl2O4. The quantitative estimate of drug-likeness (QED) is 0.147. The van der Waals surface area contributed by atoms with E-state index in [1.54, 1.807) is 72.8 Å². The van der Waals surface area contributed by atoms with Crippen LogP contribution in [0.2, 0.25) is 10.0 Å². The van der Waals surface area contributed by atoms with Crippen LogP contribution in [0.15, 0.2) is 97.1 Å². The van der Waals surface area contributed by atoms with Crippen LogP contribution in [-0.4, -0.2) is 11.9 Å². The van der Waals surface area contributed by atoms with Crippen LogP contribution in [0.5, 0.6) is 0 Å². The van der Waals surface area contributed by atoms with E-state index in [0.717, 1.165) is 11.1 Å². The zero-order valence-corrected chi connectivity index (χ0v) is 21.1. The van der Waals surface area contributed by atoms with Gasteiger partial charge in [0.05, 0.1) is 21.2 Å². The van der Waals surface area contributed by atoms with Crippen LogP contribution < -0.4 is 0 Å². The summed E-state index contributed by atoms with van der Waals surface area (Å²) in [4.78, 5) is 26.4. The van der Waals surface area contributed by atoms with Gasteiger partial charge < -0.3 is 9.47 Å². The van der Waals surface area contributed by atoms with Gasteiger partial charge in [-0.15, -0.1) is 0 Å². The second-order valence-corrected chi connectivity index (χ2v) is 8.94. The number of ether oxygens (including phenoxy) is 2. The molecule has 0 bridgehead atoms. The number of hydrogen-bond acceptors (Lipinski definition) is 4. The fourth-order valence-electron chi connectivity index (χ4n) is 3.42. The third-order valence-corrected chi connectivity index (χ3v) is 6.07. The lowest BCUT2D eigenvalue weighted by Gasteiger charge is -2.18. The molecule has 0 aliphatic carbocycles. The molecule has 36 heavy (non-hydrogen) atoms. The molecular weight excluding hydrogens is 495 g/mol. The Bertz CT molecular complexity index is 1330. The number of halogens is 2. The van der Waals surface area contributed by atoms with E-state index in [1.807, 2.05) is 38.1 Å². The fraction of sp³-hybridized carbons (Fsp3) is 0.0667. The molecule has 4 nitrogen and oxygen atoms in total. The lowest BCUT2D eigenvalue weighted by atomic mass is 10.1. The van der Waals surface area contributed by atoms with Gasteiger partial charge in [-0.1, -0.05) is 82.9 Å². The Morgan fingerprint density at radius 3 is 1.19 bits per heavy atom. The van der Waals surface area contributed by atoms with Gasteiger partial charge in [0.1, 0.15) is 0 Å². The molecule has 0 saturated carbocycles. The van der Waals surface area contributed by atoms with E-state index in [2.05, 4.69) is 0 Å². The Morgan fingerprint density at radius 1 is 0.528 bits per heavy atom. The number of carbonyl (C=O) groups is 2. The SMILES string of the molecule is Cc1ccc(C(=O)O/C(=C(/OC(=O)c2ccc(C)cc2)c2ccccc2Cl)c2ccccc2Cl)cc1. The molecule has 4 aromatic rings. The standard InChI is InChI=1S/C30H22Cl2O4/c1-19-11-15-21(16-12-19)29(33)35-27(23-7-3-5-9-25(23)31)28(24-8-4-6-10-26(24)32)36-30(34)22-17-13-20(2)14-18-22/h3-18H,1-2H3/b28-27+. The van der Waals surface area contributed by atoms with Gasteiger partial charge in [-0.25, -0.2) is 9.59 Å². The second kappa shape index (κ2) is 11.3. The summed E-state index contributed by atoms with van der Waals surface area (Å²) in [7, 11) is 0. The van der Waals surface area contributed by atoms with Crippen molar-refractivity contribution < 1.29 is 19.1 Å². The van der Waals surface area contributed by atoms with Crippen molar-refractivity contribution in [1.29, 1.82) is 0 Å². The van der Waals surface area contributed by atoms with Crippen LogP contribution >= 0.6 is 23.2 Å². The lowest BCUT2D eigenvalue weighted by molar-refractivity contribution is 0.0647. The van der Waals surface area contributed by atoms with E-state index in [4.69, 9.17) is 32.7 Å². The van der Waals surface area contributed by atoms with Crippen molar-refractivity contribution in [3.05, 3.63) is 140 Å². The zero-order chi connectivity index (χ0) is 25.7. The molecule has 0 aliphatic heterocycles. The number of hydrogen-bond donors (Lipinski definition) is 0. The maximum Gasteiger partial charge on any atom is 0.343 e. The Kier molecular flexibility index (Phi) is 7.89. The van der Waals surface area contributed by atoms with Crippen LogP contribution in [0.3, 0.4) is 0 Å². The summed E-state index contributed by atoms with van der Waals surface area (Å²) in [6, 6.07) is 27.5. The molecule has 0 amide bonds. The summed E-state index contributed by atoms with van der Waals surface area (Å²) in [6.07, 6.45) is 0. The summed E-state index contributed by atoms with van der Waals surface area (Å²) in [5.74, 6) is -1.33. The van der Waals surface area contributed by atoms with Crippen molar-refractivity contribution in [3.8, 4) is 0 Å². The van der Waals surface area contributed by atoms with Gasteiger partial charge in [0.25, 0.3) is 0 Å². The minimum Gasteiger partial charge on any atom is -0.418 e. The Morgan fingerprint density at radius 2 is 0.861 bits per heavy atom. The third-order valence-electron chi connectivity index (χ3n) is 5.41. The van der Waals surface area contributed by atoms with Crippen molar-refractivity contribution in [3.63, 3.8) is 0 Å². The lowest BCUT2D eigenvalue weighted by Crippen LogP contribution is -2.11. The summed E-state index contributed by atoms with van der Waals surface area (Å²) in [5, 5.41) is 0.611. The van der Waals surface area contributed by atoms with Crippen LogP contribution in [-0.2, 0) is 9.47 Å². The van der Waals surface area contributed by atoms with E-state index in [0.29, 0.717) is 32.3 Å². The van der Waals surface area contributed by atoms with Gasteiger partial charge in [-0.05, 0) is 62.4 Å². The Balaban J connectivity index is 1.89. The number of carbonyl (C=O) groups excluding carboxylic acids is 2. The van der Waals surface area contributed by atoms with E-state index < -0.39 is 11.9 Å². The third kappa shape index (κ3) is 5.85. The van der Waals surface area contributed by atoms with Crippen molar-refractivity contribution in [1.82, 2.24) is 0 Å². The highest BCUT2D eigenvalue weighted by molar-refractivity contribution is 6.33. The molecule has 0 aliphatic rings. The van der Waals surface area contributed by atoms with Crippen LogP contribution in [0, 0.1) is 13.8 Å². The molecule has 6 heteroatoms. The second-order valence-electron chi connectivity index (χ2n) is 8.13. The molecule has 0 fully saturated rings. The van der Waals surface area contributed by atoms with Gasteiger partial charge in [0.2, 0.25) is 0 Å². The fourth-order valence-corrected chi connectivity index (χ4v) is 3.86. The van der Waals surface area contributed by atoms with Gasteiger partial charge in [-0.3, -0.25) is 0 Å². The largest absolute Gasteiger partial charge is 0.418 e. The van der Waals surface area contributed by atoms with Gasteiger partial charge in [0.15, 0.2) is 11.5 Å². The minimum absolute atomic E-state index is 0.0280. The van der Waals surface area contributed by atoms with Crippen molar-refractivity contribution in [2.45, 2.75) is 13.8 Å². The molecule has 0 spiro atoms. The Hall–Kier alpha value is -3.86. The summed E-state index contributed by atoms with van der Waals surface area (Å²) >= 11 is 13.0. The summed E-state index contributed by atoms with van der Waals surface area (Å²) in [5.41, 5.74) is 3.38. The monoisotopic (exact) mass is 516 g/mol. The van der Waals surface area contributed by atoms with Crippen LogP contribution in [0.4, 0.5) is 0 Å². The summed E-state index contributed by atoms with van der Waals surface area (Å²) in [6.45, 7) is 3.84. The van der Waals surface area contributed by atoms with E-state index in [9.17, 15) is 9.59 Å². The number of benzene rings is 4. The first-order valence-electron chi connectivity index (χ1n) is 11.2. The first-order valence-corrected chi connectivity index (χ1v) is 11.9. The van der Waals surface area contributed by atoms with Crippen molar-refractivity contribution in [2.75, 3.05) is 0 Å². The molecule has 4 aromatic carbocycles. The maximum atomic E-state index is 13.2. The Labute approximate surface area is 219 Å². The number of rotatable bonds is 6. The molecule has 4 rings (SSSR count). The highest BCUT2D eigenvalue weighted by Gasteiger charge is 2.25. The highest BCUT2D eigenvalue weighted by atomic mass is 35.5. The smallest absolute Gasteiger partial charge is 0.343 e. The molecule has 0 N–H and O–H groups in total.